The van der Waals surface area contributed by atoms with E-state index in [1.54, 1.807) is 0 Å². The lowest BCUT2D eigenvalue weighted by atomic mass is 9.98. The third kappa shape index (κ3) is 3.68. The van der Waals surface area contributed by atoms with Gasteiger partial charge >= 0.3 is 0 Å². The average molecular weight is 240 g/mol. The molecule has 1 atom stereocenters. The minimum atomic E-state index is 0.243. The summed E-state index contributed by atoms with van der Waals surface area (Å²) in [5.41, 5.74) is 5.59. The van der Waals surface area contributed by atoms with Crippen LogP contribution in [0.2, 0.25) is 0 Å². The molecule has 0 aromatic heterocycles. The number of amides is 1. The van der Waals surface area contributed by atoms with Crippen LogP contribution >= 0.6 is 0 Å². The van der Waals surface area contributed by atoms with Crippen molar-refractivity contribution in [3.05, 3.63) is 0 Å². The molecule has 0 spiro atoms. The molecule has 2 rings (SSSR count). The SMILES string of the molecule is NCC1CC(=O)N(CCOC2CCCCC2)C1. The van der Waals surface area contributed by atoms with Gasteiger partial charge in [-0.2, -0.15) is 0 Å². The van der Waals surface area contributed by atoms with Crippen molar-refractivity contribution in [1.82, 2.24) is 4.90 Å². The lowest BCUT2D eigenvalue weighted by Gasteiger charge is -2.23. The first kappa shape index (κ1) is 12.8. The van der Waals surface area contributed by atoms with E-state index < -0.39 is 0 Å². The highest BCUT2D eigenvalue weighted by Crippen LogP contribution is 2.21. The van der Waals surface area contributed by atoms with Gasteiger partial charge in [-0.3, -0.25) is 4.79 Å². The van der Waals surface area contributed by atoms with Gasteiger partial charge in [0.1, 0.15) is 0 Å². The minimum absolute atomic E-state index is 0.243. The lowest BCUT2D eigenvalue weighted by Crippen LogP contribution is -2.31. The molecule has 1 amide bonds. The molecule has 0 aromatic rings. The fourth-order valence-corrected chi connectivity index (χ4v) is 2.79. The summed E-state index contributed by atoms with van der Waals surface area (Å²) in [6.07, 6.45) is 7.39. The Morgan fingerprint density at radius 1 is 1.29 bits per heavy atom. The largest absolute Gasteiger partial charge is 0.376 e. The van der Waals surface area contributed by atoms with Crippen molar-refractivity contribution in [2.45, 2.75) is 44.6 Å². The van der Waals surface area contributed by atoms with E-state index in [1.165, 1.54) is 32.1 Å². The molecule has 1 heterocycles. The highest BCUT2D eigenvalue weighted by Gasteiger charge is 2.28. The fourth-order valence-electron chi connectivity index (χ4n) is 2.79. The first-order valence-electron chi connectivity index (χ1n) is 6.89. The molecule has 1 saturated heterocycles. The molecule has 4 nitrogen and oxygen atoms in total. The van der Waals surface area contributed by atoms with Crippen LogP contribution in [0.5, 0.6) is 0 Å². The number of nitrogens with two attached hydrogens (primary N) is 1. The van der Waals surface area contributed by atoms with Crippen molar-refractivity contribution in [2.24, 2.45) is 11.7 Å². The quantitative estimate of drug-likeness (QED) is 0.784. The molecular weight excluding hydrogens is 216 g/mol. The maximum absolute atomic E-state index is 11.6. The van der Waals surface area contributed by atoms with Gasteiger partial charge < -0.3 is 15.4 Å². The lowest BCUT2D eigenvalue weighted by molar-refractivity contribution is -0.128. The Kier molecular flexibility index (Phi) is 4.80. The van der Waals surface area contributed by atoms with E-state index >= 15 is 0 Å². The summed E-state index contributed by atoms with van der Waals surface area (Å²) in [5, 5.41) is 0. The monoisotopic (exact) mass is 240 g/mol. The number of rotatable bonds is 5. The molecule has 2 fully saturated rings. The number of carbonyl (C=O) groups is 1. The van der Waals surface area contributed by atoms with Crippen molar-refractivity contribution in [3.63, 3.8) is 0 Å². The van der Waals surface area contributed by atoms with E-state index in [9.17, 15) is 4.79 Å². The smallest absolute Gasteiger partial charge is 0.223 e. The number of hydrogen-bond acceptors (Lipinski definition) is 3. The Bertz CT molecular complexity index is 252. The van der Waals surface area contributed by atoms with Gasteiger partial charge in [-0.05, 0) is 25.3 Å². The van der Waals surface area contributed by atoms with Crippen LogP contribution in [0, 0.1) is 5.92 Å². The van der Waals surface area contributed by atoms with Crippen molar-refractivity contribution in [3.8, 4) is 0 Å². The molecule has 2 N–H and O–H groups in total. The zero-order valence-corrected chi connectivity index (χ0v) is 10.6. The van der Waals surface area contributed by atoms with Crippen LogP contribution in [-0.4, -0.2) is 43.2 Å². The number of carbonyl (C=O) groups excluding carboxylic acids is 1. The van der Waals surface area contributed by atoms with Crippen molar-refractivity contribution in [2.75, 3.05) is 26.2 Å². The van der Waals surface area contributed by atoms with Gasteiger partial charge in [0, 0.05) is 19.5 Å². The number of likely N-dealkylation sites (tertiary alicyclic amines) is 1. The van der Waals surface area contributed by atoms with E-state index in [1.807, 2.05) is 4.90 Å². The second kappa shape index (κ2) is 6.36. The average Bonchev–Trinajstić information content (AvgIpc) is 2.72. The second-order valence-corrected chi connectivity index (χ2v) is 5.28. The first-order valence-corrected chi connectivity index (χ1v) is 6.89. The topological polar surface area (TPSA) is 55.6 Å². The zero-order valence-electron chi connectivity index (χ0n) is 10.6. The summed E-state index contributed by atoms with van der Waals surface area (Å²) in [5.74, 6) is 0.602. The number of ether oxygens (including phenoxy) is 1. The predicted molar refractivity (Wildman–Crippen MR) is 66.6 cm³/mol. The van der Waals surface area contributed by atoms with Crippen molar-refractivity contribution >= 4 is 5.91 Å². The molecule has 1 aliphatic carbocycles. The molecule has 0 bridgehead atoms. The summed E-state index contributed by atoms with van der Waals surface area (Å²) in [6.45, 7) is 2.87. The van der Waals surface area contributed by atoms with Crippen molar-refractivity contribution < 1.29 is 9.53 Å². The van der Waals surface area contributed by atoms with E-state index in [0.29, 0.717) is 31.6 Å². The van der Waals surface area contributed by atoms with E-state index in [2.05, 4.69) is 0 Å². The van der Waals surface area contributed by atoms with Gasteiger partial charge in [0.05, 0.1) is 12.7 Å². The molecule has 1 saturated carbocycles. The predicted octanol–water partition coefficient (Wildman–Crippen LogP) is 1.14. The maximum Gasteiger partial charge on any atom is 0.223 e. The van der Waals surface area contributed by atoms with Crippen LogP contribution in [0.25, 0.3) is 0 Å². The Labute approximate surface area is 103 Å². The highest BCUT2D eigenvalue weighted by molar-refractivity contribution is 5.78. The molecular formula is C13H24N2O2. The van der Waals surface area contributed by atoms with Gasteiger partial charge in [-0.15, -0.1) is 0 Å². The third-order valence-corrected chi connectivity index (χ3v) is 3.89. The summed E-state index contributed by atoms with van der Waals surface area (Å²) in [6, 6.07) is 0. The number of hydrogen-bond donors (Lipinski definition) is 1. The van der Waals surface area contributed by atoms with E-state index in [0.717, 1.165) is 13.1 Å². The van der Waals surface area contributed by atoms with E-state index in [4.69, 9.17) is 10.5 Å². The van der Waals surface area contributed by atoms with Crippen LogP contribution in [0.3, 0.4) is 0 Å². The van der Waals surface area contributed by atoms with Crippen LogP contribution in [-0.2, 0) is 9.53 Å². The summed E-state index contributed by atoms with van der Waals surface area (Å²) in [7, 11) is 0. The van der Waals surface area contributed by atoms with Crippen LogP contribution in [0.15, 0.2) is 0 Å². The van der Waals surface area contributed by atoms with Crippen LogP contribution in [0.1, 0.15) is 38.5 Å². The molecule has 2 aliphatic rings. The van der Waals surface area contributed by atoms with Crippen LogP contribution in [0.4, 0.5) is 0 Å². The van der Waals surface area contributed by atoms with Gasteiger partial charge in [-0.25, -0.2) is 0 Å². The second-order valence-electron chi connectivity index (χ2n) is 5.28. The molecule has 1 unspecified atom stereocenters. The fraction of sp³-hybridized carbons (Fsp3) is 0.923. The standard InChI is InChI=1S/C13H24N2O2/c14-9-11-8-13(16)15(10-11)6-7-17-12-4-2-1-3-5-12/h11-12H,1-10,14H2. The minimum Gasteiger partial charge on any atom is -0.376 e. The Balaban J connectivity index is 1.63. The first-order chi connectivity index (χ1) is 8.29. The summed E-state index contributed by atoms with van der Waals surface area (Å²) in [4.78, 5) is 13.5. The molecule has 17 heavy (non-hydrogen) atoms. The normalized spacial score (nSPS) is 26.8. The van der Waals surface area contributed by atoms with Crippen LogP contribution < -0.4 is 5.73 Å². The zero-order chi connectivity index (χ0) is 12.1. The molecule has 4 heteroatoms. The maximum atomic E-state index is 11.6. The van der Waals surface area contributed by atoms with Gasteiger partial charge in [0.25, 0.3) is 0 Å². The third-order valence-electron chi connectivity index (χ3n) is 3.89. The van der Waals surface area contributed by atoms with E-state index in [-0.39, 0.29) is 5.91 Å². The number of nitrogens with zero attached hydrogens (tertiary/aromatic N) is 1. The molecule has 0 aromatic carbocycles. The molecule has 0 radical (unpaired) electrons. The highest BCUT2D eigenvalue weighted by atomic mass is 16.5. The Hall–Kier alpha value is -0.610. The van der Waals surface area contributed by atoms with Gasteiger partial charge in [0.2, 0.25) is 5.91 Å². The summed E-state index contributed by atoms with van der Waals surface area (Å²) < 4.78 is 5.84. The van der Waals surface area contributed by atoms with Gasteiger partial charge in [-0.1, -0.05) is 19.3 Å². The Morgan fingerprint density at radius 3 is 2.71 bits per heavy atom. The molecule has 98 valence electrons. The Morgan fingerprint density at radius 2 is 2.06 bits per heavy atom. The summed E-state index contributed by atoms with van der Waals surface area (Å²) >= 11 is 0. The van der Waals surface area contributed by atoms with Crippen molar-refractivity contribution in [1.29, 1.82) is 0 Å². The molecule has 1 aliphatic heterocycles. The van der Waals surface area contributed by atoms with Gasteiger partial charge in [0.15, 0.2) is 0 Å².